The van der Waals surface area contributed by atoms with Crippen LogP contribution in [0.2, 0.25) is 0 Å². The van der Waals surface area contributed by atoms with Crippen molar-refractivity contribution < 1.29 is 9.59 Å². The molecule has 1 aromatic heterocycles. The molecule has 8 N–H and O–H groups in total. The summed E-state index contributed by atoms with van der Waals surface area (Å²) in [5.74, 6) is 0.845. The molecule has 0 radical (unpaired) electrons. The van der Waals surface area contributed by atoms with E-state index in [1.165, 1.54) is 0 Å². The van der Waals surface area contributed by atoms with Gasteiger partial charge in [-0.1, -0.05) is 31.2 Å². The normalized spacial score (nSPS) is 24.1. The molecular formula is C30H50N12O2. The van der Waals surface area contributed by atoms with E-state index >= 15 is 0 Å². The standard InChI is InChI=1S/C30H50N12O2/c1-23-39-41-28(42-40-23)25-8-6-24(7-9-25)16-37-26(43)4-3-5-27(44)38-30-20-34-13-10-31-17-29(2,18-32-11-14-35-21-30)19-33-12-15-36-22-30/h6-9,31-36H,3-5,10-22H2,1-2H3,(H,37,43)(H,38,44). The summed E-state index contributed by atoms with van der Waals surface area (Å²) in [4.78, 5) is 25.7. The van der Waals surface area contributed by atoms with Gasteiger partial charge in [0.05, 0.1) is 5.54 Å². The minimum Gasteiger partial charge on any atom is -0.352 e. The first-order valence-corrected chi connectivity index (χ1v) is 15.8. The molecule has 4 heterocycles. The van der Waals surface area contributed by atoms with Crippen molar-refractivity contribution in [1.82, 2.24) is 62.9 Å². The maximum absolute atomic E-state index is 13.2. The zero-order valence-corrected chi connectivity index (χ0v) is 26.2. The van der Waals surface area contributed by atoms with E-state index in [-0.39, 0.29) is 30.1 Å². The fourth-order valence-electron chi connectivity index (χ4n) is 5.41. The van der Waals surface area contributed by atoms with Gasteiger partial charge in [0.1, 0.15) is 0 Å². The second kappa shape index (κ2) is 17.4. The van der Waals surface area contributed by atoms with Crippen LogP contribution in [0.5, 0.6) is 0 Å². The van der Waals surface area contributed by atoms with Crippen molar-refractivity contribution in [3.8, 4) is 11.4 Å². The van der Waals surface area contributed by atoms with Gasteiger partial charge in [-0.15, -0.1) is 20.4 Å². The fraction of sp³-hybridized carbons (Fsp3) is 0.667. The highest BCUT2D eigenvalue weighted by molar-refractivity contribution is 5.79. The fourth-order valence-corrected chi connectivity index (χ4v) is 5.41. The summed E-state index contributed by atoms with van der Waals surface area (Å²) in [7, 11) is 0. The van der Waals surface area contributed by atoms with Gasteiger partial charge in [0.25, 0.3) is 0 Å². The van der Waals surface area contributed by atoms with Gasteiger partial charge < -0.3 is 42.5 Å². The number of aromatic nitrogens is 4. The Morgan fingerprint density at radius 1 is 0.705 bits per heavy atom. The number of aryl methyl sites for hydroxylation is 1. The van der Waals surface area contributed by atoms with E-state index in [0.29, 0.717) is 44.2 Å². The van der Waals surface area contributed by atoms with Crippen molar-refractivity contribution in [2.24, 2.45) is 5.41 Å². The number of benzene rings is 1. The van der Waals surface area contributed by atoms with Gasteiger partial charge in [-0.25, -0.2) is 0 Å². The number of hydrogen-bond donors (Lipinski definition) is 8. The van der Waals surface area contributed by atoms with Crippen LogP contribution in [0.3, 0.4) is 0 Å². The molecule has 2 aromatic rings. The van der Waals surface area contributed by atoms with Gasteiger partial charge in [-0.05, 0) is 18.9 Å². The minimum atomic E-state index is -0.496. The Labute approximate surface area is 260 Å². The van der Waals surface area contributed by atoms with E-state index < -0.39 is 5.54 Å². The van der Waals surface area contributed by atoms with Crippen LogP contribution >= 0.6 is 0 Å². The monoisotopic (exact) mass is 610 g/mol. The number of carbonyl (C=O) groups is 2. The molecule has 242 valence electrons. The quantitative estimate of drug-likeness (QED) is 0.173. The minimum absolute atomic E-state index is 0.0477. The van der Waals surface area contributed by atoms with Gasteiger partial charge in [0.15, 0.2) is 5.82 Å². The first-order valence-electron chi connectivity index (χ1n) is 15.8. The molecule has 3 aliphatic rings. The van der Waals surface area contributed by atoms with Crippen LogP contribution in [0.15, 0.2) is 24.3 Å². The highest BCUT2D eigenvalue weighted by Crippen LogP contribution is 2.15. The summed E-state index contributed by atoms with van der Waals surface area (Å²) in [5.41, 5.74) is 1.40. The van der Waals surface area contributed by atoms with Crippen LogP contribution in [0.1, 0.15) is 37.6 Å². The highest BCUT2D eigenvalue weighted by atomic mass is 16.2. The lowest BCUT2D eigenvalue weighted by Crippen LogP contribution is -2.66. The third-order valence-electron chi connectivity index (χ3n) is 7.97. The first kappa shape index (κ1) is 33.7. The average Bonchev–Trinajstić information content (AvgIpc) is 3.01. The lowest BCUT2D eigenvalue weighted by molar-refractivity contribution is -0.123. The topological polar surface area (TPSA) is 182 Å². The number of nitrogens with zero attached hydrogens (tertiary/aromatic N) is 4. The van der Waals surface area contributed by atoms with Crippen molar-refractivity contribution in [2.75, 3.05) is 78.5 Å². The summed E-state index contributed by atoms with van der Waals surface area (Å²) in [5, 5.41) is 43.8. The molecule has 0 saturated carbocycles. The Kier molecular flexibility index (Phi) is 13.3. The molecule has 2 bridgehead atoms. The van der Waals surface area contributed by atoms with Crippen LogP contribution in [-0.2, 0) is 16.1 Å². The first-order chi connectivity index (χ1) is 21.3. The van der Waals surface area contributed by atoms with Crippen molar-refractivity contribution in [1.29, 1.82) is 0 Å². The van der Waals surface area contributed by atoms with Gasteiger partial charge in [0.2, 0.25) is 17.6 Å². The zero-order chi connectivity index (χ0) is 31.1. The Bertz CT molecular complexity index is 1120. The predicted molar refractivity (Wildman–Crippen MR) is 170 cm³/mol. The van der Waals surface area contributed by atoms with E-state index in [2.05, 4.69) is 69.9 Å². The molecule has 3 saturated heterocycles. The molecular weight excluding hydrogens is 560 g/mol. The summed E-state index contributed by atoms with van der Waals surface area (Å²) in [6.45, 7) is 14.2. The van der Waals surface area contributed by atoms with Crippen molar-refractivity contribution in [2.45, 2.75) is 45.2 Å². The van der Waals surface area contributed by atoms with E-state index in [0.717, 1.165) is 70.0 Å². The Morgan fingerprint density at radius 3 is 1.70 bits per heavy atom. The smallest absolute Gasteiger partial charge is 0.220 e. The van der Waals surface area contributed by atoms with Crippen LogP contribution < -0.4 is 42.5 Å². The van der Waals surface area contributed by atoms with Gasteiger partial charge in [-0.3, -0.25) is 9.59 Å². The molecule has 0 unspecified atom stereocenters. The molecule has 2 amide bonds. The molecule has 14 nitrogen and oxygen atoms in total. The maximum atomic E-state index is 13.2. The molecule has 3 fully saturated rings. The van der Waals surface area contributed by atoms with Crippen LogP contribution in [0.25, 0.3) is 11.4 Å². The van der Waals surface area contributed by atoms with Gasteiger partial charge in [-0.2, -0.15) is 0 Å². The Balaban J connectivity index is 1.24. The zero-order valence-electron chi connectivity index (χ0n) is 26.2. The maximum Gasteiger partial charge on any atom is 0.220 e. The van der Waals surface area contributed by atoms with E-state index in [1.807, 2.05) is 24.3 Å². The highest BCUT2D eigenvalue weighted by Gasteiger charge is 2.32. The van der Waals surface area contributed by atoms with Crippen LogP contribution in [0, 0.1) is 12.3 Å². The van der Waals surface area contributed by atoms with E-state index in [1.54, 1.807) is 6.92 Å². The lowest BCUT2D eigenvalue weighted by atomic mass is 9.90. The lowest BCUT2D eigenvalue weighted by Gasteiger charge is -2.37. The molecule has 1 aromatic carbocycles. The second-order valence-corrected chi connectivity index (χ2v) is 12.3. The van der Waals surface area contributed by atoms with Crippen molar-refractivity contribution >= 4 is 11.8 Å². The molecule has 0 spiro atoms. The molecule has 44 heavy (non-hydrogen) atoms. The predicted octanol–water partition coefficient (Wildman–Crippen LogP) is -1.55. The largest absolute Gasteiger partial charge is 0.352 e. The molecule has 3 aliphatic heterocycles. The number of fused-ring (bicyclic) bond motifs is 15. The van der Waals surface area contributed by atoms with Crippen LogP contribution in [0.4, 0.5) is 0 Å². The second-order valence-electron chi connectivity index (χ2n) is 12.3. The number of hydrogen-bond acceptors (Lipinski definition) is 12. The van der Waals surface area contributed by atoms with Crippen molar-refractivity contribution in [3.63, 3.8) is 0 Å². The summed E-state index contributed by atoms with van der Waals surface area (Å²) in [6, 6.07) is 7.60. The SMILES string of the molecule is Cc1nnc(-c2ccc(CNC(=O)CCCC(=O)NC34CNCCNCC(C)(CNCCNC3)CNCCNC4)cc2)nn1. The molecule has 5 rings (SSSR count). The third kappa shape index (κ3) is 11.4. The summed E-state index contributed by atoms with van der Waals surface area (Å²) in [6.07, 6.45) is 1.04. The average molecular weight is 611 g/mol. The number of nitrogens with one attached hydrogen (secondary N) is 8. The van der Waals surface area contributed by atoms with Crippen LogP contribution in [-0.4, -0.2) is 116 Å². The van der Waals surface area contributed by atoms with Gasteiger partial charge >= 0.3 is 0 Å². The van der Waals surface area contributed by atoms with Crippen molar-refractivity contribution in [3.05, 3.63) is 35.7 Å². The third-order valence-corrected chi connectivity index (χ3v) is 7.97. The summed E-state index contributed by atoms with van der Waals surface area (Å²) < 4.78 is 0. The molecule has 0 atom stereocenters. The molecule has 0 aliphatic carbocycles. The number of carbonyl (C=O) groups excluding carboxylic acids is 2. The molecule has 14 heteroatoms. The number of rotatable bonds is 8. The van der Waals surface area contributed by atoms with Gasteiger partial charge in [0, 0.05) is 109 Å². The number of amides is 2. The van der Waals surface area contributed by atoms with E-state index in [4.69, 9.17) is 0 Å². The Morgan fingerprint density at radius 2 is 1.18 bits per heavy atom. The summed E-state index contributed by atoms with van der Waals surface area (Å²) >= 11 is 0. The Hall–Kier alpha value is -3.14. The van der Waals surface area contributed by atoms with E-state index in [9.17, 15) is 9.59 Å².